The van der Waals surface area contributed by atoms with E-state index in [0.29, 0.717) is 0 Å². The maximum absolute atomic E-state index is 10.8. The maximum atomic E-state index is 10.8. The summed E-state index contributed by atoms with van der Waals surface area (Å²) in [7, 11) is 0. The molecule has 0 saturated heterocycles. The van der Waals surface area contributed by atoms with Crippen LogP contribution in [0.3, 0.4) is 0 Å². The highest BCUT2D eigenvalue weighted by Gasteiger charge is 2.15. The third-order valence-electron chi connectivity index (χ3n) is 2.10. The first kappa shape index (κ1) is 10.8. The molecule has 2 rings (SSSR count). The summed E-state index contributed by atoms with van der Waals surface area (Å²) in [5.41, 5.74) is -0.650. The van der Waals surface area contributed by atoms with Crippen molar-refractivity contribution in [3.63, 3.8) is 0 Å². The second-order valence-electron chi connectivity index (χ2n) is 3.21. The minimum atomic E-state index is -1.39. The van der Waals surface area contributed by atoms with Gasteiger partial charge >= 0.3 is 5.97 Å². The van der Waals surface area contributed by atoms with Gasteiger partial charge in [0.05, 0.1) is 11.0 Å². The zero-order chi connectivity index (χ0) is 12.6. The minimum Gasteiger partial charge on any atom is -0.504 e. The molecule has 3 N–H and O–H groups in total. The van der Waals surface area contributed by atoms with Crippen LogP contribution in [-0.4, -0.2) is 37.5 Å². The normalized spacial score (nSPS) is 10.4. The topological polar surface area (TPSA) is 121 Å². The number of fused-ring (bicyclic) bond motifs is 1. The Hall–Kier alpha value is -2.70. The lowest BCUT2D eigenvalue weighted by molar-refractivity contribution is 0.0687. The van der Waals surface area contributed by atoms with E-state index in [9.17, 15) is 19.8 Å². The molecule has 0 saturated carbocycles. The van der Waals surface area contributed by atoms with Crippen molar-refractivity contribution in [2.75, 3.05) is 0 Å². The molecule has 7 nitrogen and oxygen atoms in total. The quantitative estimate of drug-likeness (QED) is 0.512. The van der Waals surface area contributed by atoms with E-state index in [2.05, 4.69) is 9.97 Å². The van der Waals surface area contributed by atoms with Crippen molar-refractivity contribution >= 4 is 23.3 Å². The van der Waals surface area contributed by atoms with Gasteiger partial charge < -0.3 is 15.3 Å². The van der Waals surface area contributed by atoms with Crippen molar-refractivity contribution in [1.29, 1.82) is 0 Å². The second kappa shape index (κ2) is 3.71. The lowest BCUT2D eigenvalue weighted by Crippen LogP contribution is -2.08. The molecule has 86 valence electrons. The van der Waals surface area contributed by atoms with E-state index < -0.39 is 23.2 Å². The van der Waals surface area contributed by atoms with Gasteiger partial charge in [0.2, 0.25) is 0 Å². The molecule has 0 spiro atoms. The SMILES string of the molecule is O=Cc1nc2cc(O)c(O)cc2nc1C(=O)O. The van der Waals surface area contributed by atoms with Gasteiger partial charge in [-0.25, -0.2) is 14.8 Å². The highest BCUT2D eigenvalue weighted by molar-refractivity contribution is 5.96. The number of aldehydes is 1. The monoisotopic (exact) mass is 234 g/mol. The van der Waals surface area contributed by atoms with E-state index in [1.54, 1.807) is 0 Å². The van der Waals surface area contributed by atoms with Gasteiger partial charge in [0.25, 0.3) is 0 Å². The van der Waals surface area contributed by atoms with Gasteiger partial charge in [-0.15, -0.1) is 0 Å². The third kappa shape index (κ3) is 1.73. The lowest BCUT2D eigenvalue weighted by atomic mass is 10.2. The van der Waals surface area contributed by atoms with Crippen molar-refractivity contribution in [2.24, 2.45) is 0 Å². The van der Waals surface area contributed by atoms with Crippen LogP contribution in [-0.2, 0) is 0 Å². The number of phenolic OH excluding ortho intramolecular Hbond substituents is 2. The van der Waals surface area contributed by atoms with E-state index in [0.717, 1.165) is 12.1 Å². The molecule has 2 aromatic rings. The van der Waals surface area contributed by atoms with Gasteiger partial charge in [-0.2, -0.15) is 0 Å². The van der Waals surface area contributed by atoms with Crippen LogP contribution in [0.1, 0.15) is 21.0 Å². The van der Waals surface area contributed by atoms with Crippen LogP contribution in [0.2, 0.25) is 0 Å². The summed E-state index contributed by atoms with van der Waals surface area (Å²) in [4.78, 5) is 28.9. The molecule has 1 heterocycles. The van der Waals surface area contributed by atoms with Crippen molar-refractivity contribution < 1.29 is 24.9 Å². The molecule has 0 radical (unpaired) electrons. The van der Waals surface area contributed by atoms with E-state index in [4.69, 9.17) is 5.11 Å². The van der Waals surface area contributed by atoms with E-state index >= 15 is 0 Å². The lowest BCUT2D eigenvalue weighted by Gasteiger charge is -2.03. The number of carbonyl (C=O) groups excluding carboxylic acids is 1. The Kier molecular flexibility index (Phi) is 2.36. The average Bonchev–Trinajstić information content (AvgIpc) is 2.29. The number of rotatable bonds is 2. The molecular formula is C10H6N2O5. The Morgan fingerprint density at radius 2 is 1.65 bits per heavy atom. The summed E-state index contributed by atoms with van der Waals surface area (Å²) in [6.07, 6.45) is 0.264. The number of carbonyl (C=O) groups is 2. The molecule has 0 unspecified atom stereocenters. The Bertz CT molecular complexity index is 638. The first-order chi connectivity index (χ1) is 8.02. The molecule has 0 bridgehead atoms. The first-order valence-corrected chi connectivity index (χ1v) is 4.45. The van der Waals surface area contributed by atoms with Gasteiger partial charge in [0.1, 0.15) is 5.69 Å². The van der Waals surface area contributed by atoms with E-state index in [1.807, 2.05) is 0 Å². The van der Waals surface area contributed by atoms with Gasteiger partial charge in [-0.3, -0.25) is 4.79 Å². The fraction of sp³-hybridized carbons (Fsp3) is 0. The van der Waals surface area contributed by atoms with Crippen LogP contribution in [0.4, 0.5) is 0 Å². The summed E-state index contributed by atoms with van der Waals surface area (Å²) in [5.74, 6) is -2.26. The summed E-state index contributed by atoms with van der Waals surface area (Å²) in [6, 6.07) is 2.16. The average molecular weight is 234 g/mol. The molecule has 1 aromatic heterocycles. The summed E-state index contributed by atoms with van der Waals surface area (Å²) in [6.45, 7) is 0. The van der Waals surface area contributed by atoms with Crippen molar-refractivity contribution in [1.82, 2.24) is 9.97 Å². The zero-order valence-corrected chi connectivity index (χ0v) is 8.28. The fourth-order valence-electron chi connectivity index (χ4n) is 1.33. The Morgan fingerprint density at radius 3 is 2.12 bits per heavy atom. The number of aromatic nitrogens is 2. The fourth-order valence-corrected chi connectivity index (χ4v) is 1.33. The summed E-state index contributed by atoms with van der Waals surface area (Å²) in [5, 5.41) is 27.3. The number of hydrogen-bond acceptors (Lipinski definition) is 6. The Balaban J connectivity index is 2.83. The van der Waals surface area contributed by atoms with Crippen molar-refractivity contribution in [2.45, 2.75) is 0 Å². The van der Waals surface area contributed by atoms with Crippen LogP contribution in [0.15, 0.2) is 12.1 Å². The smallest absolute Gasteiger partial charge is 0.356 e. The number of carboxylic acids is 1. The molecule has 7 heteroatoms. The van der Waals surface area contributed by atoms with Crippen LogP contribution in [0.5, 0.6) is 11.5 Å². The van der Waals surface area contributed by atoms with E-state index in [1.165, 1.54) is 0 Å². The number of benzene rings is 1. The van der Waals surface area contributed by atoms with Gasteiger partial charge in [-0.05, 0) is 0 Å². The molecule has 1 aromatic carbocycles. The highest BCUT2D eigenvalue weighted by atomic mass is 16.4. The number of aromatic hydroxyl groups is 2. The molecule has 0 aliphatic heterocycles. The predicted molar refractivity (Wildman–Crippen MR) is 55.2 cm³/mol. The molecule has 0 atom stereocenters. The van der Waals surface area contributed by atoms with E-state index in [-0.39, 0.29) is 23.0 Å². The standard InChI is InChI=1S/C10H6N2O5/c13-3-6-9(10(16)17)12-5-2-8(15)7(14)1-4(5)11-6/h1-3,14-15H,(H,16,17). The zero-order valence-electron chi connectivity index (χ0n) is 8.28. The predicted octanol–water partition coefficient (Wildman–Crippen LogP) is 0.552. The highest BCUT2D eigenvalue weighted by Crippen LogP contribution is 2.28. The Morgan fingerprint density at radius 1 is 1.12 bits per heavy atom. The van der Waals surface area contributed by atoms with Crippen LogP contribution in [0.25, 0.3) is 11.0 Å². The van der Waals surface area contributed by atoms with Crippen LogP contribution >= 0.6 is 0 Å². The minimum absolute atomic E-state index is 0.0725. The first-order valence-electron chi connectivity index (χ1n) is 4.45. The van der Waals surface area contributed by atoms with Gasteiger partial charge in [-0.1, -0.05) is 0 Å². The van der Waals surface area contributed by atoms with Gasteiger partial charge in [0.15, 0.2) is 23.5 Å². The largest absolute Gasteiger partial charge is 0.504 e. The molecule has 17 heavy (non-hydrogen) atoms. The third-order valence-corrected chi connectivity index (χ3v) is 2.10. The number of aromatic carboxylic acids is 1. The van der Waals surface area contributed by atoms with Crippen LogP contribution in [0, 0.1) is 0 Å². The number of carboxylic acid groups (broad SMARTS) is 1. The second-order valence-corrected chi connectivity index (χ2v) is 3.21. The van der Waals surface area contributed by atoms with Crippen molar-refractivity contribution in [3.8, 4) is 11.5 Å². The molecular weight excluding hydrogens is 228 g/mol. The van der Waals surface area contributed by atoms with Gasteiger partial charge in [0, 0.05) is 12.1 Å². The maximum Gasteiger partial charge on any atom is 0.356 e. The number of phenols is 2. The molecule has 0 aliphatic rings. The summed E-state index contributed by atoms with van der Waals surface area (Å²) < 4.78 is 0. The molecule has 0 fully saturated rings. The number of hydrogen-bond donors (Lipinski definition) is 3. The Labute approximate surface area is 94.0 Å². The van der Waals surface area contributed by atoms with Crippen molar-refractivity contribution in [3.05, 3.63) is 23.5 Å². The molecule has 0 aliphatic carbocycles. The summed E-state index contributed by atoms with van der Waals surface area (Å²) >= 11 is 0. The van der Waals surface area contributed by atoms with Crippen LogP contribution < -0.4 is 0 Å². The molecule has 0 amide bonds. The number of nitrogens with zero attached hydrogens (tertiary/aromatic N) is 2.